The molecule has 2 aromatic rings. The Morgan fingerprint density at radius 3 is 2.42 bits per heavy atom. The molecule has 0 aromatic heterocycles. The lowest BCUT2D eigenvalue weighted by atomic mass is 9.88. The lowest BCUT2D eigenvalue weighted by molar-refractivity contribution is 0.937. The maximum atomic E-state index is 9.34. The lowest BCUT2D eigenvalue weighted by Crippen LogP contribution is -1.97. The Balaban J connectivity index is 2.44. The molecule has 0 fully saturated rings. The quantitative estimate of drug-likeness (QED) is 0.693. The predicted molar refractivity (Wildman–Crippen MR) is 77.3 cm³/mol. The second-order valence-corrected chi connectivity index (χ2v) is 4.89. The van der Waals surface area contributed by atoms with Crippen LogP contribution in [0.25, 0.3) is 11.1 Å². The van der Waals surface area contributed by atoms with Gasteiger partial charge in [0.05, 0.1) is 6.07 Å². The summed E-state index contributed by atoms with van der Waals surface area (Å²) in [5.74, 6) is 0. The van der Waals surface area contributed by atoms with Gasteiger partial charge in [-0.15, -0.1) is 0 Å². The van der Waals surface area contributed by atoms with Crippen molar-refractivity contribution < 1.29 is 0 Å². The molecule has 0 radical (unpaired) electrons. The van der Waals surface area contributed by atoms with E-state index >= 15 is 0 Å². The van der Waals surface area contributed by atoms with Crippen molar-refractivity contribution in [2.24, 2.45) is 4.99 Å². The third kappa shape index (κ3) is 1.75. The number of hydrogen-bond donors (Lipinski definition) is 0. The van der Waals surface area contributed by atoms with Crippen molar-refractivity contribution in [2.45, 2.75) is 19.9 Å². The monoisotopic (exact) mass is 246 g/mol. The number of fused-ring (bicyclic) bond motifs is 3. The Bertz CT molecular complexity index is 721. The van der Waals surface area contributed by atoms with Gasteiger partial charge in [0, 0.05) is 11.8 Å². The Hall–Kier alpha value is -2.40. The van der Waals surface area contributed by atoms with Crippen LogP contribution in [0.15, 0.2) is 41.4 Å². The highest BCUT2D eigenvalue weighted by Gasteiger charge is 2.21. The Morgan fingerprint density at radius 1 is 1.00 bits per heavy atom. The minimum atomic E-state index is -0.415. The molecule has 0 spiro atoms. The van der Waals surface area contributed by atoms with Gasteiger partial charge < -0.3 is 0 Å². The fraction of sp³-hybridized carbons (Fsp3) is 0.176. The van der Waals surface area contributed by atoms with Gasteiger partial charge in [-0.1, -0.05) is 36.4 Å². The maximum absolute atomic E-state index is 9.34. The smallest absolute Gasteiger partial charge is 0.162 e. The molecule has 2 nitrogen and oxygen atoms in total. The van der Waals surface area contributed by atoms with E-state index in [1.54, 1.807) is 0 Å². The molecule has 0 saturated heterocycles. The number of nitrogens with zero attached hydrogens (tertiary/aromatic N) is 2. The van der Waals surface area contributed by atoms with E-state index in [2.05, 4.69) is 43.1 Å². The van der Waals surface area contributed by atoms with Crippen molar-refractivity contribution in [3.8, 4) is 17.2 Å². The summed E-state index contributed by atoms with van der Waals surface area (Å²) in [4.78, 5) is 4.42. The largest absolute Gasteiger partial charge is 0.269 e. The van der Waals surface area contributed by atoms with Gasteiger partial charge in [-0.25, -0.2) is 0 Å². The molecule has 19 heavy (non-hydrogen) atoms. The van der Waals surface area contributed by atoms with Crippen molar-refractivity contribution in [3.63, 3.8) is 0 Å². The summed E-state index contributed by atoms with van der Waals surface area (Å²) in [6.45, 7) is 4.20. The van der Waals surface area contributed by atoms with Gasteiger partial charge >= 0.3 is 0 Å². The normalized spacial score (nSPS) is 16.2. The zero-order valence-electron chi connectivity index (χ0n) is 11.0. The number of nitriles is 1. The number of hydrogen-bond acceptors (Lipinski definition) is 2. The first-order valence-corrected chi connectivity index (χ1v) is 6.34. The third-order valence-electron chi connectivity index (χ3n) is 3.64. The van der Waals surface area contributed by atoms with Crippen LogP contribution >= 0.6 is 0 Å². The molecule has 0 saturated carbocycles. The van der Waals surface area contributed by atoms with Gasteiger partial charge in [-0.3, -0.25) is 4.99 Å². The summed E-state index contributed by atoms with van der Waals surface area (Å²) in [6.07, 6.45) is 1.83. The van der Waals surface area contributed by atoms with Gasteiger partial charge in [-0.05, 0) is 41.7 Å². The average Bonchev–Trinajstić information content (AvgIpc) is 2.57. The number of benzene rings is 2. The molecular formula is C17H14N2. The standard InChI is InChI=1S/C17H14N2/c1-11-5-3-7-13-10-19-15(9-18)14-8-4-6-12(2)17(14)16(11)13/h3-8,10,15H,1-2H3/t15-/m1/s1. The van der Waals surface area contributed by atoms with Gasteiger partial charge in [-0.2, -0.15) is 5.26 Å². The molecule has 0 bridgehead atoms. The first-order valence-electron chi connectivity index (χ1n) is 6.34. The Kier molecular flexibility index (Phi) is 2.68. The summed E-state index contributed by atoms with van der Waals surface area (Å²) in [6, 6.07) is 14.2. The summed E-state index contributed by atoms with van der Waals surface area (Å²) in [5.41, 5.74) is 6.88. The zero-order valence-corrected chi connectivity index (χ0v) is 11.0. The Labute approximate surface area is 113 Å². The summed E-state index contributed by atoms with van der Waals surface area (Å²) < 4.78 is 0. The van der Waals surface area contributed by atoms with E-state index in [1.807, 2.05) is 24.4 Å². The van der Waals surface area contributed by atoms with E-state index in [4.69, 9.17) is 0 Å². The van der Waals surface area contributed by atoms with Crippen LogP contribution in [-0.2, 0) is 0 Å². The van der Waals surface area contributed by atoms with Gasteiger partial charge in [0.2, 0.25) is 0 Å². The van der Waals surface area contributed by atoms with E-state index in [1.165, 1.54) is 22.3 Å². The highest BCUT2D eigenvalue weighted by molar-refractivity contribution is 5.95. The number of aryl methyl sites for hydroxylation is 2. The van der Waals surface area contributed by atoms with Crippen LogP contribution in [0.5, 0.6) is 0 Å². The molecule has 92 valence electrons. The van der Waals surface area contributed by atoms with Crippen LogP contribution < -0.4 is 0 Å². The molecule has 0 aliphatic carbocycles. The van der Waals surface area contributed by atoms with Crippen molar-refractivity contribution in [1.29, 1.82) is 5.26 Å². The molecule has 3 rings (SSSR count). The average molecular weight is 246 g/mol. The molecule has 0 N–H and O–H groups in total. The number of rotatable bonds is 0. The molecular weight excluding hydrogens is 232 g/mol. The highest BCUT2D eigenvalue weighted by atomic mass is 14.8. The molecule has 0 unspecified atom stereocenters. The van der Waals surface area contributed by atoms with Crippen molar-refractivity contribution >= 4 is 6.21 Å². The van der Waals surface area contributed by atoms with E-state index in [0.717, 1.165) is 11.1 Å². The van der Waals surface area contributed by atoms with Crippen LogP contribution in [-0.4, -0.2) is 6.21 Å². The fourth-order valence-electron chi connectivity index (χ4n) is 2.74. The van der Waals surface area contributed by atoms with E-state index in [9.17, 15) is 5.26 Å². The first-order chi connectivity index (χ1) is 9.22. The minimum absolute atomic E-state index is 0.415. The number of aliphatic imine (C=N–C) groups is 1. The van der Waals surface area contributed by atoms with Crippen LogP contribution in [0.4, 0.5) is 0 Å². The van der Waals surface area contributed by atoms with Gasteiger partial charge in [0.1, 0.15) is 0 Å². The molecule has 1 aliphatic heterocycles. The molecule has 2 heteroatoms. The lowest BCUT2D eigenvalue weighted by Gasteiger charge is -2.15. The van der Waals surface area contributed by atoms with Crippen LogP contribution in [0.1, 0.15) is 28.3 Å². The molecule has 2 aromatic carbocycles. The zero-order chi connectivity index (χ0) is 13.4. The van der Waals surface area contributed by atoms with Crippen molar-refractivity contribution in [2.75, 3.05) is 0 Å². The topological polar surface area (TPSA) is 36.1 Å². The molecule has 1 atom stereocenters. The van der Waals surface area contributed by atoms with Gasteiger partial charge in [0.15, 0.2) is 6.04 Å². The second kappa shape index (κ2) is 4.37. The minimum Gasteiger partial charge on any atom is -0.269 e. The Morgan fingerprint density at radius 2 is 1.68 bits per heavy atom. The summed E-state index contributed by atoms with van der Waals surface area (Å²) >= 11 is 0. The van der Waals surface area contributed by atoms with Gasteiger partial charge in [0.25, 0.3) is 0 Å². The second-order valence-electron chi connectivity index (χ2n) is 4.89. The maximum Gasteiger partial charge on any atom is 0.162 e. The van der Waals surface area contributed by atoms with Crippen LogP contribution in [0.3, 0.4) is 0 Å². The van der Waals surface area contributed by atoms with Crippen molar-refractivity contribution in [1.82, 2.24) is 0 Å². The van der Waals surface area contributed by atoms with E-state index < -0.39 is 6.04 Å². The SMILES string of the molecule is Cc1cccc2c1-c1c(C)cccc1[C@@H](C#N)N=C2. The third-order valence-corrected chi connectivity index (χ3v) is 3.64. The fourth-order valence-corrected chi connectivity index (χ4v) is 2.74. The van der Waals surface area contributed by atoms with E-state index in [0.29, 0.717) is 0 Å². The van der Waals surface area contributed by atoms with Crippen LogP contribution in [0, 0.1) is 25.2 Å². The van der Waals surface area contributed by atoms with Crippen molar-refractivity contribution in [3.05, 3.63) is 58.7 Å². The van der Waals surface area contributed by atoms with Crippen LogP contribution in [0.2, 0.25) is 0 Å². The predicted octanol–water partition coefficient (Wildman–Crippen LogP) is 3.97. The summed E-state index contributed by atoms with van der Waals surface area (Å²) in [5, 5.41) is 9.34. The molecule has 1 aliphatic rings. The highest BCUT2D eigenvalue weighted by Crippen LogP contribution is 2.38. The molecule has 1 heterocycles. The first kappa shape index (κ1) is 11.7. The molecule has 0 amide bonds. The summed E-state index contributed by atoms with van der Waals surface area (Å²) in [7, 11) is 0. The van der Waals surface area contributed by atoms with E-state index in [-0.39, 0.29) is 0 Å².